The molecule has 12 heavy (non-hydrogen) atoms. The molecule has 0 fully saturated rings. The van der Waals surface area contributed by atoms with Gasteiger partial charge in [-0.25, -0.2) is 4.79 Å². The smallest absolute Gasteiger partial charge is 0.328 e. The summed E-state index contributed by atoms with van der Waals surface area (Å²) in [5.41, 5.74) is 1.64. The lowest BCUT2D eigenvalue weighted by atomic mass is 10.1. The third-order valence-electron chi connectivity index (χ3n) is 1.37. The van der Waals surface area contributed by atoms with Crippen LogP contribution in [-0.4, -0.2) is 11.1 Å². The van der Waals surface area contributed by atoms with Crippen molar-refractivity contribution < 1.29 is 9.90 Å². The molecular weight excluding hydrogens is 152 g/mol. The molecule has 0 saturated carbocycles. The highest BCUT2D eigenvalue weighted by Gasteiger charge is 1.92. The van der Waals surface area contributed by atoms with E-state index in [2.05, 4.69) is 0 Å². The second kappa shape index (κ2) is 5.58. The first-order chi connectivity index (χ1) is 5.52. The second-order valence-corrected chi connectivity index (χ2v) is 2.82. The third kappa shape index (κ3) is 7.06. The molecule has 0 aromatic carbocycles. The summed E-state index contributed by atoms with van der Waals surface area (Å²) in [6, 6.07) is 0. The van der Waals surface area contributed by atoms with E-state index in [1.807, 2.05) is 13.0 Å². The fourth-order valence-corrected chi connectivity index (χ4v) is 0.810. The van der Waals surface area contributed by atoms with Crippen molar-refractivity contribution in [1.29, 1.82) is 0 Å². The standard InChI is InChI=1S/C10H14O2/c1-8(2)5-4-6-9(3)7-10(11)12/h1,5,7H,4,6H2,2-3H3,(H,11,12)/b8-5-,9-7+. The topological polar surface area (TPSA) is 37.3 Å². The van der Waals surface area contributed by atoms with E-state index in [1.54, 1.807) is 6.92 Å². The van der Waals surface area contributed by atoms with E-state index in [-0.39, 0.29) is 0 Å². The zero-order chi connectivity index (χ0) is 9.56. The van der Waals surface area contributed by atoms with Crippen molar-refractivity contribution in [2.75, 3.05) is 0 Å². The molecule has 0 amide bonds. The van der Waals surface area contributed by atoms with Gasteiger partial charge in [0.15, 0.2) is 0 Å². The number of hydrogen-bond acceptors (Lipinski definition) is 1. The average Bonchev–Trinajstić information content (AvgIpc) is 1.84. The van der Waals surface area contributed by atoms with Gasteiger partial charge in [0.1, 0.15) is 0 Å². The molecule has 0 aromatic rings. The molecule has 0 spiro atoms. The van der Waals surface area contributed by atoms with Crippen molar-refractivity contribution in [2.24, 2.45) is 0 Å². The number of carboxylic acids is 1. The van der Waals surface area contributed by atoms with E-state index >= 15 is 0 Å². The fourth-order valence-electron chi connectivity index (χ4n) is 0.810. The van der Waals surface area contributed by atoms with Crippen molar-refractivity contribution in [3.63, 3.8) is 0 Å². The molecule has 0 aromatic heterocycles. The summed E-state index contributed by atoms with van der Waals surface area (Å²) in [6.45, 7) is 9.02. The molecule has 2 heteroatoms. The highest BCUT2D eigenvalue weighted by atomic mass is 16.4. The van der Waals surface area contributed by atoms with Crippen molar-refractivity contribution in [3.8, 4) is 0 Å². The Bertz CT molecular complexity index is 208. The Labute approximate surface area is 73.6 Å². The molecule has 0 aliphatic carbocycles. The minimum Gasteiger partial charge on any atom is -0.478 e. The van der Waals surface area contributed by atoms with Gasteiger partial charge in [-0.05, 0) is 33.6 Å². The minimum atomic E-state index is -0.888. The number of rotatable bonds is 4. The first-order valence-electron chi connectivity index (χ1n) is 3.84. The zero-order valence-corrected chi connectivity index (χ0v) is 7.50. The summed E-state index contributed by atoms with van der Waals surface area (Å²) in [4.78, 5) is 10.2. The van der Waals surface area contributed by atoms with Crippen LogP contribution in [0.2, 0.25) is 0 Å². The predicted octanol–water partition coefficient (Wildman–Crippen LogP) is 2.45. The molecule has 1 N–H and O–H groups in total. The van der Waals surface area contributed by atoms with Crippen LogP contribution in [0.15, 0.2) is 23.3 Å². The van der Waals surface area contributed by atoms with Gasteiger partial charge in [-0.1, -0.05) is 17.2 Å². The highest BCUT2D eigenvalue weighted by Crippen LogP contribution is 2.05. The Balaban J connectivity index is 3.79. The fraction of sp³-hybridized carbons (Fsp3) is 0.400. The van der Waals surface area contributed by atoms with Crippen LogP contribution in [0.3, 0.4) is 0 Å². The van der Waals surface area contributed by atoms with E-state index in [0.717, 1.165) is 24.0 Å². The van der Waals surface area contributed by atoms with Gasteiger partial charge in [-0.2, -0.15) is 0 Å². The number of aliphatic carboxylic acids is 1. The van der Waals surface area contributed by atoms with Crippen LogP contribution in [0.1, 0.15) is 26.7 Å². The minimum absolute atomic E-state index is 0.751. The molecule has 0 bridgehead atoms. The quantitative estimate of drug-likeness (QED) is 0.651. The second-order valence-electron chi connectivity index (χ2n) is 2.82. The molecule has 0 aliphatic heterocycles. The summed E-state index contributed by atoms with van der Waals surface area (Å²) in [7, 11) is 0. The van der Waals surface area contributed by atoms with Gasteiger partial charge in [0.2, 0.25) is 0 Å². The third-order valence-corrected chi connectivity index (χ3v) is 1.37. The van der Waals surface area contributed by atoms with Crippen molar-refractivity contribution in [1.82, 2.24) is 0 Å². The van der Waals surface area contributed by atoms with Crippen LogP contribution in [0.25, 0.3) is 0 Å². The van der Waals surface area contributed by atoms with E-state index in [1.165, 1.54) is 6.08 Å². The number of hydrogen-bond donors (Lipinski definition) is 1. The van der Waals surface area contributed by atoms with Crippen molar-refractivity contribution in [2.45, 2.75) is 26.7 Å². The van der Waals surface area contributed by atoms with Gasteiger partial charge in [-0.15, -0.1) is 0 Å². The number of carboxylic acid groups (broad SMARTS) is 1. The monoisotopic (exact) mass is 166 g/mol. The maximum absolute atomic E-state index is 10.2. The molecule has 66 valence electrons. The van der Waals surface area contributed by atoms with Crippen LogP contribution < -0.4 is 0 Å². The maximum atomic E-state index is 10.2. The molecule has 0 rings (SSSR count). The maximum Gasteiger partial charge on any atom is 0.328 e. The molecule has 0 atom stereocenters. The largest absolute Gasteiger partial charge is 0.478 e. The molecule has 0 aliphatic rings. The lowest BCUT2D eigenvalue weighted by Crippen LogP contribution is -1.89. The summed E-state index contributed by atoms with van der Waals surface area (Å²) in [6.07, 6.45) is 4.66. The summed E-state index contributed by atoms with van der Waals surface area (Å²) in [5, 5.41) is 8.38. The van der Waals surface area contributed by atoms with E-state index in [0.29, 0.717) is 0 Å². The van der Waals surface area contributed by atoms with E-state index < -0.39 is 5.97 Å². The predicted molar refractivity (Wildman–Crippen MR) is 48.7 cm³/mol. The van der Waals surface area contributed by atoms with Gasteiger partial charge < -0.3 is 5.11 Å². The Morgan fingerprint density at radius 3 is 2.50 bits per heavy atom. The molecule has 2 radical (unpaired) electrons. The summed E-state index contributed by atoms with van der Waals surface area (Å²) >= 11 is 0. The number of allylic oxidation sites excluding steroid dienone is 3. The Morgan fingerprint density at radius 1 is 1.50 bits per heavy atom. The van der Waals surface area contributed by atoms with Crippen LogP contribution in [0, 0.1) is 6.92 Å². The zero-order valence-electron chi connectivity index (χ0n) is 7.50. The van der Waals surface area contributed by atoms with Gasteiger partial charge >= 0.3 is 5.97 Å². The highest BCUT2D eigenvalue weighted by molar-refractivity contribution is 5.80. The Hall–Kier alpha value is -1.05. The number of carbonyl (C=O) groups is 1. The van der Waals surface area contributed by atoms with Gasteiger partial charge in [0, 0.05) is 6.08 Å². The normalized spacial score (nSPS) is 13.2. The lowest BCUT2D eigenvalue weighted by Gasteiger charge is -1.95. The molecular formula is C10H14O2. The van der Waals surface area contributed by atoms with Crippen LogP contribution in [0.5, 0.6) is 0 Å². The van der Waals surface area contributed by atoms with Crippen LogP contribution >= 0.6 is 0 Å². The molecule has 0 saturated heterocycles. The van der Waals surface area contributed by atoms with Crippen molar-refractivity contribution >= 4 is 5.97 Å². The summed E-state index contributed by atoms with van der Waals surface area (Å²) < 4.78 is 0. The molecule has 0 heterocycles. The van der Waals surface area contributed by atoms with Crippen LogP contribution in [-0.2, 0) is 4.79 Å². The summed E-state index contributed by atoms with van der Waals surface area (Å²) in [5.74, 6) is -0.888. The van der Waals surface area contributed by atoms with Gasteiger partial charge in [0.25, 0.3) is 0 Å². The average molecular weight is 166 g/mol. The lowest BCUT2D eigenvalue weighted by molar-refractivity contribution is -0.131. The van der Waals surface area contributed by atoms with E-state index in [9.17, 15) is 4.79 Å². The molecule has 0 unspecified atom stereocenters. The Kier molecular flexibility index (Phi) is 5.09. The Morgan fingerprint density at radius 2 is 2.08 bits per heavy atom. The van der Waals surface area contributed by atoms with Gasteiger partial charge in [0.05, 0.1) is 0 Å². The SMILES string of the molecule is [CH]/C(C)=C/CC/C(C)=C/C(=O)O. The van der Waals surface area contributed by atoms with E-state index in [4.69, 9.17) is 12.0 Å². The van der Waals surface area contributed by atoms with Crippen molar-refractivity contribution in [3.05, 3.63) is 30.2 Å². The van der Waals surface area contributed by atoms with Crippen LogP contribution in [0.4, 0.5) is 0 Å². The first kappa shape index (κ1) is 11.0. The molecule has 2 nitrogen and oxygen atoms in total. The van der Waals surface area contributed by atoms with Gasteiger partial charge in [-0.3, -0.25) is 0 Å². The first-order valence-corrected chi connectivity index (χ1v) is 3.84.